The van der Waals surface area contributed by atoms with Crippen LogP contribution < -0.4 is 11.1 Å². The third-order valence-electron chi connectivity index (χ3n) is 2.79. The molecule has 0 fully saturated rings. The Kier molecular flexibility index (Phi) is 5.78. The predicted molar refractivity (Wildman–Crippen MR) is 78.5 cm³/mol. The normalized spacial score (nSPS) is 11.9. The van der Waals surface area contributed by atoms with Crippen molar-refractivity contribution in [3.63, 3.8) is 0 Å². The highest BCUT2D eigenvalue weighted by Gasteiger charge is 2.11. The Morgan fingerprint density at radius 3 is 2.50 bits per heavy atom. The molecule has 0 radical (unpaired) electrons. The Balaban J connectivity index is 2.49. The molecule has 1 atom stereocenters. The fourth-order valence-corrected chi connectivity index (χ4v) is 1.91. The number of amides is 1. The second kappa shape index (κ2) is 7.11. The van der Waals surface area contributed by atoms with Crippen molar-refractivity contribution in [2.24, 2.45) is 5.73 Å². The van der Waals surface area contributed by atoms with Gasteiger partial charge in [-0.25, -0.2) is 0 Å². The van der Waals surface area contributed by atoms with Crippen molar-refractivity contribution >= 4 is 23.1 Å². The molecular weight excluding hydrogens is 244 g/mol. The molecule has 4 heteroatoms. The van der Waals surface area contributed by atoms with Crippen LogP contribution in [0.2, 0.25) is 0 Å². The summed E-state index contributed by atoms with van der Waals surface area (Å²) in [7, 11) is 0. The van der Waals surface area contributed by atoms with Crippen LogP contribution in [0.4, 0.5) is 0 Å². The molecule has 0 saturated heterocycles. The highest BCUT2D eigenvalue weighted by Crippen LogP contribution is 2.05. The average molecular weight is 264 g/mol. The summed E-state index contributed by atoms with van der Waals surface area (Å²) in [5, 5.41) is 2.95. The number of hydrogen-bond acceptors (Lipinski definition) is 2. The zero-order valence-electron chi connectivity index (χ0n) is 10.9. The number of carbonyl (C=O) groups excluding carboxylic acids is 1. The Labute approximate surface area is 114 Å². The molecule has 1 amide bonds. The van der Waals surface area contributed by atoms with Gasteiger partial charge in [-0.1, -0.05) is 49.0 Å². The zero-order valence-corrected chi connectivity index (χ0v) is 11.7. The van der Waals surface area contributed by atoms with Crippen LogP contribution in [0.1, 0.15) is 30.9 Å². The molecule has 1 rings (SSSR count). The summed E-state index contributed by atoms with van der Waals surface area (Å²) in [6.45, 7) is 4.04. The van der Waals surface area contributed by atoms with E-state index in [9.17, 15) is 4.79 Å². The smallest absolute Gasteiger partial charge is 0.224 e. The molecular formula is C14H20N2OS. The SMILES string of the molecule is CCC(CC(N)=S)NC(=O)Cc1ccc(C)cc1. The van der Waals surface area contributed by atoms with Gasteiger partial charge in [-0.2, -0.15) is 0 Å². The first-order valence-corrected chi connectivity index (χ1v) is 6.55. The minimum Gasteiger partial charge on any atom is -0.393 e. The molecule has 1 unspecified atom stereocenters. The van der Waals surface area contributed by atoms with Crippen LogP contribution in [0.3, 0.4) is 0 Å². The maximum atomic E-state index is 11.9. The Bertz CT molecular complexity index is 414. The lowest BCUT2D eigenvalue weighted by Crippen LogP contribution is -2.37. The maximum Gasteiger partial charge on any atom is 0.224 e. The fourth-order valence-electron chi connectivity index (χ4n) is 1.71. The van der Waals surface area contributed by atoms with Crippen molar-refractivity contribution in [3.05, 3.63) is 35.4 Å². The quantitative estimate of drug-likeness (QED) is 0.774. The van der Waals surface area contributed by atoms with Gasteiger partial charge in [0.2, 0.25) is 5.91 Å². The summed E-state index contributed by atoms with van der Waals surface area (Å²) in [6, 6.07) is 8.01. The predicted octanol–water partition coefficient (Wildman–Crippen LogP) is 2.11. The summed E-state index contributed by atoms with van der Waals surface area (Å²) in [5.74, 6) is 0.0157. The van der Waals surface area contributed by atoms with Crippen LogP contribution in [0.15, 0.2) is 24.3 Å². The topological polar surface area (TPSA) is 55.1 Å². The number of thiocarbonyl (C=S) groups is 1. The summed E-state index contributed by atoms with van der Waals surface area (Å²) in [5.41, 5.74) is 7.70. The van der Waals surface area contributed by atoms with Crippen molar-refractivity contribution in [3.8, 4) is 0 Å². The summed E-state index contributed by atoms with van der Waals surface area (Å²) in [6.07, 6.45) is 1.79. The lowest BCUT2D eigenvalue weighted by molar-refractivity contribution is -0.121. The number of nitrogens with one attached hydrogen (secondary N) is 1. The summed E-state index contributed by atoms with van der Waals surface area (Å²) in [4.78, 5) is 12.3. The Morgan fingerprint density at radius 2 is 2.00 bits per heavy atom. The number of aryl methyl sites for hydroxylation is 1. The molecule has 0 spiro atoms. The molecule has 0 bridgehead atoms. The molecule has 0 aromatic heterocycles. The van der Waals surface area contributed by atoms with Crippen LogP contribution in [0, 0.1) is 6.92 Å². The van der Waals surface area contributed by atoms with E-state index in [1.54, 1.807) is 0 Å². The van der Waals surface area contributed by atoms with E-state index in [2.05, 4.69) is 5.32 Å². The number of hydrogen-bond donors (Lipinski definition) is 2. The van der Waals surface area contributed by atoms with Crippen LogP contribution in [-0.2, 0) is 11.2 Å². The van der Waals surface area contributed by atoms with Gasteiger partial charge >= 0.3 is 0 Å². The average Bonchev–Trinajstić information content (AvgIpc) is 2.30. The van der Waals surface area contributed by atoms with E-state index in [1.807, 2.05) is 38.1 Å². The van der Waals surface area contributed by atoms with Gasteiger partial charge in [0.25, 0.3) is 0 Å². The van der Waals surface area contributed by atoms with E-state index in [0.29, 0.717) is 17.8 Å². The molecule has 0 saturated carbocycles. The van der Waals surface area contributed by atoms with Crippen molar-refractivity contribution in [1.29, 1.82) is 0 Å². The summed E-state index contributed by atoms with van der Waals surface area (Å²) >= 11 is 4.86. The zero-order chi connectivity index (χ0) is 13.5. The van der Waals surface area contributed by atoms with Gasteiger partial charge in [-0.05, 0) is 18.9 Å². The number of carbonyl (C=O) groups is 1. The van der Waals surface area contributed by atoms with Gasteiger partial charge in [0.1, 0.15) is 0 Å². The van der Waals surface area contributed by atoms with Crippen molar-refractivity contribution in [1.82, 2.24) is 5.32 Å². The number of benzene rings is 1. The van der Waals surface area contributed by atoms with Crippen molar-refractivity contribution in [2.75, 3.05) is 0 Å². The molecule has 3 nitrogen and oxygen atoms in total. The van der Waals surface area contributed by atoms with Gasteiger partial charge in [-0.15, -0.1) is 0 Å². The Morgan fingerprint density at radius 1 is 1.39 bits per heavy atom. The highest BCUT2D eigenvalue weighted by molar-refractivity contribution is 7.80. The van der Waals surface area contributed by atoms with Crippen LogP contribution in [0.25, 0.3) is 0 Å². The molecule has 0 aliphatic carbocycles. The van der Waals surface area contributed by atoms with Gasteiger partial charge in [0.15, 0.2) is 0 Å². The molecule has 18 heavy (non-hydrogen) atoms. The van der Waals surface area contributed by atoms with E-state index < -0.39 is 0 Å². The molecule has 0 heterocycles. The van der Waals surface area contributed by atoms with E-state index in [1.165, 1.54) is 5.56 Å². The van der Waals surface area contributed by atoms with E-state index in [0.717, 1.165) is 12.0 Å². The molecule has 1 aromatic rings. The van der Waals surface area contributed by atoms with E-state index in [4.69, 9.17) is 18.0 Å². The van der Waals surface area contributed by atoms with Gasteiger partial charge in [-0.3, -0.25) is 4.79 Å². The minimum absolute atomic E-state index is 0.0157. The van der Waals surface area contributed by atoms with Crippen molar-refractivity contribution in [2.45, 2.75) is 39.2 Å². The van der Waals surface area contributed by atoms with Crippen LogP contribution in [-0.4, -0.2) is 16.9 Å². The van der Waals surface area contributed by atoms with E-state index in [-0.39, 0.29) is 11.9 Å². The number of rotatable bonds is 6. The van der Waals surface area contributed by atoms with Crippen LogP contribution >= 0.6 is 12.2 Å². The van der Waals surface area contributed by atoms with Crippen molar-refractivity contribution < 1.29 is 4.79 Å². The van der Waals surface area contributed by atoms with Gasteiger partial charge < -0.3 is 11.1 Å². The first-order valence-electron chi connectivity index (χ1n) is 6.14. The standard InChI is InChI=1S/C14H20N2OS/c1-3-12(9-13(15)18)16-14(17)8-11-6-4-10(2)5-7-11/h4-7,12H,3,8-9H2,1-2H3,(H2,15,18)(H,16,17). The monoisotopic (exact) mass is 264 g/mol. The molecule has 1 aromatic carbocycles. The van der Waals surface area contributed by atoms with E-state index >= 15 is 0 Å². The third kappa shape index (κ3) is 5.27. The Hall–Kier alpha value is -1.42. The molecule has 98 valence electrons. The minimum atomic E-state index is 0.0157. The fraction of sp³-hybridized carbons (Fsp3) is 0.429. The third-order valence-corrected chi connectivity index (χ3v) is 2.96. The molecule has 0 aliphatic heterocycles. The highest BCUT2D eigenvalue weighted by atomic mass is 32.1. The first-order chi connectivity index (χ1) is 8.51. The lowest BCUT2D eigenvalue weighted by atomic mass is 10.1. The number of nitrogens with two attached hydrogens (primary N) is 1. The largest absolute Gasteiger partial charge is 0.393 e. The molecule has 3 N–H and O–H groups in total. The second-order valence-electron chi connectivity index (χ2n) is 4.51. The second-order valence-corrected chi connectivity index (χ2v) is 5.03. The van der Waals surface area contributed by atoms with Gasteiger partial charge in [0, 0.05) is 12.5 Å². The molecule has 0 aliphatic rings. The van der Waals surface area contributed by atoms with Gasteiger partial charge in [0.05, 0.1) is 11.4 Å². The van der Waals surface area contributed by atoms with Crippen LogP contribution in [0.5, 0.6) is 0 Å². The first kappa shape index (κ1) is 14.6. The lowest BCUT2D eigenvalue weighted by Gasteiger charge is -2.16. The maximum absolute atomic E-state index is 11.9. The summed E-state index contributed by atoms with van der Waals surface area (Å²) < 4.78 is 0.